The van der Waals surface area contributed by atoms with Crippen molar-refractivity contribution >= 4 is 11.6 Å². The topological polar surface area (TPSA) is 43.4 Å². The Balaban J connectivity index is 2.56. The van der Waals surface area contributed by atoms with Crippen LogP contribution in [-0.4, -0.2) is 17.2 Å². The number of para-hydroxylation sites is 1. The molecule has 0 radical (unpaired) electrons. The summed E-state index contributed by atoms with van der Waals surface area (Å²) in [6.07, 6.45) is 0. The van der Waals surface area contributed by atoms with Crippen molar-refractivity contribution in [3.05, 3.63) is 29.8 Å². The molecule has 0 aromatic heterocycles. The highest BCUT2D eigenvalue weighted by molar-refractivity contribution is 6.13. The highest BCUT2D eigenvalue weighted by atomic mass is 16.5. The third kappa shape index (κ3) is 1.52. The molecule has 1 heterocycles. The van der Waals surface area contributed by atoms with E-state index in [0.717, 1.165) is 0 Å². The Labute approximate surface area is 94.4 Å². The van der Waals surface area contributed by atoms with Crippen LogP contribution in [0.2, 0.25) is 0 Å². The lowest BCUT2D eigenvalue weighted by atomic mass is 9.79. The lowest BCUT2D eigenvalue weighted by molar-refractivity contribution is -0.124. The minimum Gasteiger partial charge on any atom is -0.486 e. The molecular formula is C13H14O3. The van der Waals surface area contributed by atoms with Gasteiger partial charge in [0, 0.05) is 0 Å². The van der Waals surface area contributed by atoms with E-state index >= 15 is 0 Å². The van der Waals surface area contributed by atoms with Gasteiger partial charge in [-0.25, -0.2) is 0 Å². The molecule has 0 saturated carbocycles. The largest absolute Gasteiger partial charge is 0.486 e. The molecule has 0 bridgehead atoms. The van der Waals surface area contributed by atoms with Gasteiger partial charge in [0.1, 0.15) is 23.1 Å². The zero-order chi connectivity index (χ0) is 11.9. The minimum atomic E-state index is -0.767. The van der Waals surface area contributed by atoms with Gasteiger partial charge in [-0.05, 0) is 32.9 Å². The second-order valence-corrected chi connectivity index (χ2v) is 4.61. The quantitative estimate of drug-likeness (QED) is 0.679. The van der Waals surface area contributed by atoms with Crippen molar-refractivity contribution in [2.24, 2.45) is 5.92 Å². The van der Waals surface area contributed by atoms with Gasteiger partial charge >= 0.3 is 0 Å². The molecule has 1 aliphatic rings. The first-order chi connectivity index (χ1) is 7.43. The van der Waals surface area contributed by atoms with Crippen molar-refractivity contribution in [1.29, 1.82) is 0 Å². The van der Waals surface area contributed by atoms with Gasteiger partial charge in [-0.15, -0.1) is 0 Å². The molecule has 1 aromatic carbocycles. The van der Waals surface area contributed by atoms with E-state index in [1.165, 1.54) is 6.92 Å². The predicted molar refractivity (Wildman–Crippen MR) is 59.7 cm³/mol. The molecule has 1 unspecified atom stereocenters. The molecule has 2 rings (SSSR count). The van der Waals surface area contributed by atoms with Crippen LogP contribution in [0.5, 0.6) is 5.75 Å². The van der Waals surface area contributed by atoms with E-state index in [9.17, 15) is 9.59 Å². The van der Waals surface area contributed by atoms with Crippen molar-refractivity contribution in [3.8, 4) is 5.75 Å². The lowest BCUT2D eigenvalue weighted by Gasteiger charge is -2.37. The number of hydrogen-bond acceptors (Lipinski definition) is 3. The molecule has 1 aromatic rings. The number of rotatable bonds is 1. The first kappa shape index (κ1) is 10.9. The standard InChI is InChI=1S/C13H14O3/c1-8(14)11-12(15)9-6-4-5-7-10(9)16-13(11,2)3/h4-7,11H,1-3H3. The van der Waals surface area contributed by atoms with Gasteiger partial charge in [-0.1, -0.05) is 12.1 Å². The van der Waals surface area contributed by atoms with E-state index < -0.39 is 11.5 Å². The second-order valence-electron chi connectivity index (χ2n) is 4.61. The fourth-order valence-corrected chi connectivity index (χ4v) is 2.25. The Hall–Kier alpha value is -1.64. The van der Waals surface area contributed by atoms with Crippen LogP contribution in [0.25, 0.3) is 0 Å². The van der Waals surface area contributed by atoms with Crippen LogP contribution in [0.15, 0.2) is 24.3 Å². The van der Waals surface area contributed by atoms with Gasteiger partial charge in [0.25, 0.3) is 0 Å². The first-order valence-electron chi connectivity index (χ1n) is 5.26. The van der Waals surface area contributed by atoms with Gasteiger partial charge in [0.05, 0.1) is 5.56 Å². The van der Waals surface area contributed by atoms with Gasteiger partial charge < -0.3 is 4.74 Å². The molecule has 0 amide bonds. The van der Waals surface area contributed by atoms with Crippen molar-refractivity contribution < 1.29 is 14.3 Å². The van der Waals surface area contributed by atoms with E-state index in [2.05, 4.69) is 0 Å². The molecule has 0 fully saturated rings. The molecule has 84 valence electrons. The zero-order valence-corrected chi connectivity index (χ0v) is 9.61. The maximum absolute atomic E-state index is 12.2. The van der Waals surface area contributed by atoms with Crippen molar-refractivity contribution in [3.63, 3.8) is 0 Å². The third-order valence-corrected chi connectivity index (χ3v) is 2.89. The van der Waals surface area contributed by atoms with E-state index in [4.69, 9.17) is 4.74 Å². The van der Waals surface area contributed by atoms with Crippen LogP contribution in [0.1, 0.15) is 31.1 Å². The van der Waals surface area contributed by atoms with E-state index in [0.29, 0.717) is 11.3 Å². The summed E-state index contributed by atoms with van der Waals surface area (Å²) in [5.41, 5.74) is -0.265. The van der Waals surface area contributed by atoms with E-state index in [1.54, 1.807) is 32.0 Å². The summed E-state index contributed by atoms with van der Waals surface area (Å²) in [7, 11) is 0. The lowest BCUT2D eigenvalue weighted by Crippen LogP contribution is -2.49. The number of carbonyl (C=O) groups is 2. The van der Waals surface area contributed by atoms with Crippen LogP contribution < -0.4 is 4.74 Å². The Bertz CT molecular complexity index is 460. The van der Waals surface area contributed by atoms with Crippen LogP contribution in [-0.2, 0) is 4.79 Å². The maximum atomic E-state index is 12.2. The molecule has 0 N–H and O–H groups in total. The zero-order valence-electron chi connectivity index (χ0n) is 9.61. The summed E-state index contributed by atoms with van der Waals surface area (Å²) < 4.78 is 5.72. The summed E-state index contributed by atoms with van der Waals surface area (Å²) in [6.45, 7) is 4.97. The molecule has 0 aliphatic carbocycles. The van der Waals surface area contributed by atoms with E-state index in [-0.39, 0.29) is 11.6 Å². The molecule has 3 nitrogen and oxygen atoms in total. The fourth-order valence-electron chi connectivity index (χ4n) is 2.25. The number of benzene rings is 1. The van der Waals surface area contributed by atoms with Gasteiger partial charge in [-0.2, -0.15) is 0 Å². The number of Topliss-reactive ketones (excluding diaryl/α,β-unsaturated/α-hetero) is 2. The summed E-state index contributed by atoms with van der Waals surface area (Å²) in [5, 5.41) is 0. The normalized spacial score (nSPS) is 22.2. The third-order valence-electron chi connectivity index (χ3n) is 2.89. The summed E-state index contributed by atoms with van der Waals surface area (Å²) in [5.74, 6) is -0.429. The maximum Gasteiger partial charge on any atom is 0.181 e. The minimum absolute atomic E-state index is 0.139. The smallest absolute Gasteiger partial charge is 0.181 e. The van der Waals surface area contributed by atoms with E-state index in [1.807, 2.05) is 6.07 Å². The molecule has 3 heteroatoms. The average Bonchev–Trinajstić information content (AvgIpc) is 2.15. The summed E-state index contributed by atoms with van der Waals surface area (Å²) in [4.78, 5) is 23.7. The van der Waals surface area contributed by atoms with Crippen LogP contribution in [0.3, 0.4) is 0 Å². The number of carbonyl (C=O) groups excluding carboxylic acids is 2. The molecule has 1 aliphatic heterocycles. The highest BCUT2D eigenvalue weighted by Crippen LogP contribution is 2.36. The number of hydrogen-bond donors (Lipinski definition) is 0. The Morgan fingerprint density at radius 3 is 2.56 bits per heavy atom. The van der Waals surface area contributed by atoms with Crippen LogP contribution in [0.4, 0.5) is 0 Å². The average molecular weight is 218 g/mol. The van der Waals surface area contributed by atoms with Crippen molar-refractivity contribution in [1.82, 2.24) is 0 Å². The SMILES string of the molecule is CC(=O)C1C(=O)c2ccccc2OC1(C)C. The molecule has 1 atom stereocenters. The first-order valence-corrected chi connectivity index (χ1v) is 5.26. The van der Waals surface area contributed by atoms with Gasteiger partial charge in [0.2, 0.25) is 0 Å². The van der Waals surface area contributed by atoms with Gasteiger partial charge in [0.15, 0.2) is 5.78 Å². The summed E-state index contributed by atoms with van der Waals surface area (Å²) in [6, 6.07) is 7.04. The molecular weight excluding hydrogens is 204 g/mol. The Morgan fingerprint density at radius 1 is 1.31 bits per heavy atom. The molecule has 0 spiro atoms. The van der Waals surface area contributed by atoms with Crippen molar-refractivity contribution in [2.75, 3.05) is 0 Å². The number of fused-ring (bicyclic) bond motifs is 1. The Morgan fingerprint density at radius 2 is 1.94 bits per heavy atom. The number of ether oxygens (including phenoxy) is 1. The summed E-state index contributed by atoms with van der Waals surface area (Å²) >= 11 is 0. The second kappa shape index (κ2) is 3.44. The Kier molecular flexibility index (Phi) is 2.34. The van der Waals surface area contributed by atoms with Crippen molar-refractivity contribution in [2.45, 2.75) is 26.4 Å². The van der Waals surface area contributed by atoms with Crippen LogP contribution in [0, 0.1) is 5.92 Å². The fraction of sp³-hybridized carbons (Fsp3) is 0.385. The molecule has 0 saturated heterocycles. The molecule has 16 heavy (non-hydrogen) atoms. The van der Waals surface area contributed by atoms with Gasteiger partial charge in [-0.3, -0.25) is 9.59 Å². The predicted octanol–water partition coefficient (Wildman–Crippen LogP) is 2.25. The monoisotopic (exact) mass is 218 g/mol. The number of ketones is 2. The van der Waals surface area contributed by atoms with Crippen LogP contribution >= 0.6 is 0 Å². The highest BCUT2D eigenvalue weighted by Gasteiger charge is 2.45.